The molecule has 2 unspecified atom stereocenters. The summed E-state index contributed by atoms with van der Waals surface area (Å²) in [5.41, 5.74) is 0. The molecule has 0 saturated carbocycles. The predicted molar refractivity (Wildman–Crippen MR) is 321 cm³/mol. The van der Waals surface area contributed by atoms with Gasteiger partial charge in [0, 0.05) is 12.8 Å². The average Bonchev–Trinajstić information content (AvgIpc) is 3.37. The number of likely N-dealkylation sites (N-methyl/N-ethyl adjacent to an activating group) is 1. The van der Waals surface area contributed by atoms with Crippen molar-refractivity contribution in [2.45, 2.75) is 347 Å². The van der Waals surface area contributed by atoms with Gasteiger partial charge in [0.2, 0.25) is 0 Å². The molecule has 0 aromatic carbocycles. The summed E-state index contributed by atoms with van der Waals surface area (Å²) in [6, 6.07) is 0. The van der Waals surface area contributed by atoms with E-state index in [1.165, 1.54) is 250 Å². The summed E-state index contributed by atoms with van der Waals surface area (Å²) in [6.45, 7) is 4.43. The zero-order chi connectivity index (χ0) is 54.9. The number of ether oxygens (including phenoxy) is 2. The highest BCUT2D eigenvalue weighted by atomic mass is 31.2. The van der Waals surface area contributed by atoms with E-state index >= 15 is 0 Å². The molecule has 0 radical (unpaired) electrons. The largest absolute Gasteiger partial charge is 0.472 e. The van der Waals surface area contributed by atoms with Gasteiger partial charge in [-0.1, -0.05) is 309 Å². The van der Waals surface area contributed by atoms with E-state index in [9.17, 15) is 19.0 Å². The third-order valence-corrected chi connectivity index (χ3v) is 16.0. The number of unbranched alkanes of at least 4 members (excludes halogenated alkanes) is 46. The summed E-state index contributed by atoms with van der Waals surface area (Å²) in [7, 11) is 1.49. The Kier molecular flexibility index (Phi) is 56.5. The van der Waals surface area contributed by atoms with E-state index in [0.717, 1.165) is 57.8 Å². The Bertz CT molecular complexity index is 1270. The predicted octanol–water partition coefficient (Wildman–Crippen LogP) is 20.8. The Morgan fingerprint density at radius 3 is 1.03 bits per heavy atom. The van der Waals surface area contributed by atoms with Crippen LogP contribution in [0.1, 0.15) is 341 Å². The number of phosphoric ester groups is 1. The lowest BCUT2D eigenvalue weighted by Gasteiger charge is -2.24. The first-order chi connectivity index (χ1) is 36.5. The molecular formula is C65H129NO8P+. The number of carbonyl (C=O) groups is 2. The maximum atomic E-state index is 12.7. The number of allylic oxidation sites excluding steroid dienone is 2. The van der Waals surface area contributed by atoms with Crippen LogP contribution in [0.4, 0.5) is 0 Å². The van der Waals surface area contributed by atoms with Crippen LogP contribution in [-0.4, -0.2) is 74.9 Å². The van der Waals surface area contributed by atoms with Crippen LogP contribution in [0, 0.1) is 0 Å². The van der Waals surface area contributed by atoms with Crippen molar-refractivity contribution in [3.63, 3.8) is 0 Å². The van der Waals surface area contributed by atoms with Crippen LogP contribution >= 0.6 is 7.82 Å². The highest BCUT2D eigenvalue weighted by Gasteiger charge is 2.27. The molecule has 446 valence electrons. The number of carbonyl (C=O) groups excluding carboxylic acids is 2. The number of rotatable bonds is 62. The normalized spacial score (nSPS) is 13.2. The molecule has 0 amide bonds. The van der Waals surface area contributed by atoms with Gasteiger partial charge in [-0.15, -0.1) is 0 Å². The fourth-order valence-corrected chi connectivity index (χ4v) is 10.7. The van der Waals surface area contributed by atoms with Crippen LogP contribution in [-0.2, 0) is 32.7 Å². The standard InChI is InChI=1S/C65H128NO8P/c1-6-8-10-12-14-16-18-19-20-21-22-23-24-25-26-27-28-29-30-31-32-33-34-35-36-37-38-39-40-41-42-43-44-45-46-48-49-51-53-55-57-64(67)71-61-63(62-73-75(69,70)72-60-59-66(3,4)5)74-65(68)58-56-54-52-50-47-17-15-13-11-9-7-2/h13,15,63H,6-12,14,16-62H2,1-5H3/p+1/b15-13-. The van der Waals surface area contributed by atoms with E-state index in [2.05, 4.69) is 26.0 Å². The second-order valence-corrected chi connectivity index (χ2v) is 25.3. The summed E-state index contributed by atoms with van der Waals surface area (Å²) in [6.07, 6.45) is 69.3. The number of hydrogen-bond acceptors (Lipinski definition) is 7. The topological polar surface area (TPSA) is 108 Å². The van der Waals surface area contributed by atoms with E-state index in [0.29, 0.717) is 23.9 Å². The molecule has 10 heteroatoms. The maximum Gasteiger partial charge on any atom is 0.472 e. The van der Waals surface area contributed by atoms with Gasteiger partial charge >= 0.3 is 19.8 Å². The molecule has 0 aliphatic rings. The van der Waals surface area contributed by atoms with Gasteiger partial charge in [0.25, 0.3) is 0 Å². The molecule has 0 fully saturated rings. The van der Waals surface area contributed by atoms with Gasteiger partial charge in [-0.05, 0) is 32.1 Å². The maximum absolute atomic E-state index is 12.7. The van der Waals surface area contributed by atoms with Crippen LogP contribution in [0.3, 0.4) is 0 Å². The molecule has 0 heterocycles. The Balaban J connectivity index is 3.75. The van der Waals surface area contributed by atoms with Crippen LogP contribution in [0.25, 0.3) is 0 Å². The molecule has 0 aliphatic carbocycles. The molecule has 2 atom stereocenters. The molecule has 0 aliphatic heterocycles. The molecule has 0 spiro atoms. The molecule has 9 nitrogen and oxygen atoms in total. The summed E-state index contributed by atoms with van der Waals surface area (Å²) >= 11 is 0. The van der Waals surface area contributed by atoms with E-state index < -0.39 is 26.5 Å². The minimum atomic E-state index is -4.38. The quantitative estimate of drug-likeness (QED) is 0.0211. The van der Waals surface area contributed by atoms with Crippen molar-refractivity contribution in [1.82, 2.24) is 0 Å². The smallest absolute Gasteiger partial charge is 0.462 e. The number of quaternary nitrogens is 1. The van der Waals surface area contributed by atoms with Crippen LogP contribution in [0.5, 0.6) is 0 Å². The lowest BCUT2D eigenvalue weighted by atomic mass is 10.0. The first kappa shape index (κ1) is 73.8. The molecule has 0 rings (SSSR count). The van der Waals surface area contributed by atoms with Crippen molar-refractivity contribution in [2.24, 2.45) is 0 Å². The van der Waals surface area contributed by atoms with Gasteiger partial charge < -0.3 is 18.9 Å². The minimum Gasteiger partial charge on any atom is -0.462 e. The first-order valence-corrected chi connectivity index (χ1v) is 34.4. The van der Waals surface area contributed by atoms with Crippen molar-refractivity contribution in [2.75, 3.05) is 47.5 Å². The highest BCUT2D eigenvalue weighted by Crippen LogP contribution is 2.43. The number of esters is 2. The van der Waals surface area contributed by atoms with Gasteiger partial charge in [0.15, 0.2) is 6.10 Å². The fourth-order valence-electron chi connectivity index (χ4n) is 9.94. The zero-order valence-corrected chi connectivity index (χ0v) is 51.7. The minimum absolute atomic E-state index is 0.0334. The van der Waals surface area contributed by atoms with Crippen LogP contribution < -0.4 is 0 Å². The Morgan fingerprint density at radius 2 is 0.693 bits per heavy atom. The molecular weight excluding hydrogens is 954 g/mol. The lowest BCUT2D eigenvalue weighted by Crippen LogP contribution is -2.37. The first-order valence-electron chi connectivity index (χ1n) is 32.9. The molecule has 75 heavy (non-hydrogen) atoms. The number of hydrogen-bond donors (Lipinski definition) is 1. The summed E-state index contributed by atoms with van der Waals surface area (Å²) in [4.78, 5) is 35.6. The summed E-state index contributed by atoms with van der Waals surface area (Å²) in [5.74, 6) is -0.793. The van der Waals surface area contributed by atoms with Gasteiger partial charge in [-0.25, -0.2) is 4.57 Å². The molecule has 0 aromatic rings. The fraction of sp³-hybridized carbons (Fsp3) is 0.938. The Morgan fingerprint density at radius 1 is 0.400 bits per heavy atom. The van der Waals surface area contributed by atoms with Crippen molar-refractivity contribution in [3.8, 4) is 0 Å². The SMILES string of the molecule is CCCC/C=C\CCCCCCCC(=O)OC(COC(=O)CCCCCCCCCCCCCCCCCCCCCCCCCCCCCCCCCCCCCCCCCC)COP(=O)(O)OCC[N+](C)(C)C. The molecule has 0 saturated heterocycles. The highest BCUT2D eigenvalue weighted by molar-refractivity contribution is 7.47. The van der Waals surface area contributed by atoms with Crippen molar-refractivity contribution in [3.05, 3.63) is 12.2 Å². The molecule has 1 N–H and O–H groups in total. The number of nitrogens with zero attached hydrogens (tertiary/aromatic N) is 1. The zero-order valence-electron chi connectivity index (χ0n) is 50.8. The molecule has 0 aromatic heterocycles. The van der Waals surface area contributed by atoms with Gasteiger partial charge in [-0.3, -0.25) is 18.6 Å². The Labute approximate surface area is 466 Å². The van der Waals surface area contributed by atoms with E-state index in [1.54, 1.807) is 0 Å². The van der Waals surface area contributed by atoms with Gasteiger partial charge in [-0.2, -0.15) is 0 Å². The number of phosphoric acid groups is 1. The van der Waals surface area contributed by atoms with E-state index in [1.807, 2.05) is 21.1 Å². The monoisotopic (exact) mass is 1080 g/mol. The molecule has 0 bridgehead atoms. The van der Waals surface area contributed by atoms with E-state index in [4.69, 9.17) is 18.5 Å². The summed E-state index contributed by atoms with van der Waals surface area (Å²) < 4.78 is 34.5. The average molecular weight is 1080 g/mol. The second kappa shape index (κ2) is 57.4. The van der Waals surface area contributed by atoms with Gasteiger partial charge in [0.1, 0.15) is 19.8 Å². The second-order valence-electron chi connectivity index (χ2n) is 23.9. The van der Waals surface area contributed by atoms with Crippen LogP contribution in [0.15, 0.2) is 12.2 Å². The van der Waals surface area contributed by atoms with Crippen molar-refractivity contribution < 1.29 is 42.1 Å². The third kappa shape index (κ3) is 61.8. The summed E-state index contributed by atoms with van der Waals surface area (Å²) in [5, 5.41) is 0. The van der Waals surface area contributed by atoms with Crippen LogP contribution in [0.2, 0.25) is 0 Å². The lowest BCUT2D eigenvalue weighted by molar-refractivity contribution is -0.870. The Hall–Kier alpha value is -1.25. The third-order valence-electron chi connectivity index (χ3n) is 15.0. The van der Waals surface area contributed by atoms with Crippen molar-refractivity contribution in [1.29, 1.82) is 0 Å². The van der Waals surface area contributed by atoms with E-state index in [-0.39, 0.29) is 25.6 Å². The van der Waals surface area contributed by atoms with Crippen molar-refractivity contribution >= 4 is 19.8 Å². The van der Waals surface area contributed by atoms with Gasteiger partial charge in [0.05, 0.1) is 27.7 Å².